The zero-order chi connectivity index (χ0) is 13.8. The van der Waals surface area contributed by atoms with E-state index in [2.05, 4.69) is 56.3 Å². The molecule has 0 nitrogen and oxygen atoms in total. The first-order valence-electron chi connectivity index (χ1n) is 7.98. The van der Waals surface area contributed by atoms with Crippen molar-refractivity contribution >= 4 is 0 Å². The van der Waals surface area contributed by atoms with Crippen LogP contribution in [0.1, 0.15) is 64.4 Å². The predicted octanol–water partition coefficient (Wildman–Crippen LogP) is 6.17. The number of aryl methyl sites for hydroxylation is 1. The van der Waals surface area contributed by atoms with Crippen molar-refractivity contribution < 1.29 is 0 Å². The molecule has 1 rings (SSSR count). The van der Waals surface area contributed by atoms with Crippen molar-refractivity contribution in [1.82, 2.24) is 0 Å². The van der Waals surface area contributed by atoms with E-state index in [9.17, 15) is 0 Å². The maximum absolute atomic E-state index is 2.37. The molecular formula is C19H30. The molecule has 1 aromatic carbocycles. The molecule has 0 atom stereocenters. The summed E-state index contributed by atoms with van der Waals surface area (Å²) in [7, 11) is 0. The van der Waals surface area contributed by atoms with Crippen LogP contribution in [0.3, 0.4) is 0 Å². The van der Waals surface area contributed by atoms with Crippen molar-refractivity contribution in [2.24, 2.45) is 5.92 Å². The number of hydrogen-bond acceptors (Lipinski definition) is 0. The highest BCUT2D eigenvalue weighted by Gasteiger charge is 1.93. The van der Waals surface area contributed by atoms with Crippen molar-refractivity contribution in [3.63, 3.8) is 0 Å². The molecule has 1 aromatic rings. The Labute approximate surface area is 119 Å². The predicted molar refractivity (Wildman–Crippen MR) is 86.4 cm³/mol. The van der Waals surface area contributed by atoms with Gasteiger partial charge in [0.05, 0.1) is 0 Å². The minimum atomic E-state index is 0.800. The molecule has 0 spiro atoms. The Bertz CT molecular complexity index is 321. The second-order valence-corrected chi connectivity index (χ2v) is 5.89. The smallest absolute Gasteiger partial charge is 0.0279 e. The van der Waals surface area contributed by atoms with Crippen LogP contribution in [0.15, 0.2) is 42.5 Å². The quantitative estimate of drug-likeness (QED) is 0.347. The second-order valence-electron chi connectivity index (χ2n) is 5.89. The molecule has 0 heterocycles. The molecule has 0 heteroatoms. The van der Waals surface area contributed by atoms with E-state index in [0.717, 1.165) is 5.92 Å². The lowest BCUT2D eigenvalue weighted by Crippen LogP contribution is -1.85. The Morgan fingerprint density at radius 2 is 1.53 bits per heavy atom. The van der Waals surface area contributed by atoms with Crippen LogP contribution in [-0.2, 0) is 6.42 Å². The summed E-state index contributed by atoms with van der Waals surface area (Å²) in [4.78, 5) is 0. The minimum absolute atomic E-state index is 0.800. The summed E-state index contributed by atoms with van der Waals surface area (Å²) >= 11 is 0. The van der Waals surface area contributed by atoms with Crippen LogP contribution in [0.2, 0.25) is 0 Å². The molecule has 0 amide bonds. The molecule has 0 aromatic heterocycles. The van der Waals surface area contributed by atoms with Crippen LogP contribution in [0.4, 0.5) is 0 Å². The standard InChI is InChI=1S/C19H30/c1-18(2)14-10-7-5-3-4-6-8-11-15-19-16-12-9-13-17-19/h7,9-10,12-13,16-18H,3-6,8,11,14-15H2,1-2H3/b10-7-. The van der Waals surface area contributed by atoms with Gasteiger partial charge in [0.2, 0.25) is 0 Å². The highest BCUT2D eigenvalue weighted by Crippen LogP contribution is 2.10. The lowest BCUT2D eigenvalue weighted by Gasteiger charge is -2.01. The molecule has 0 radical (unpaired) electrons. The van der Waals surface area contributed by atoms with Gasteiger partial charge < -0.3 is 0 Å². The van der Waals surface area contributed by atoms with Gasteiger partial charge in [0.25, 0.3) is 0 Å². The van der Waals surface area contributed by atoms with Crippen LogP contribution in [0.25, 0.3) is 0 Å². The van der Waals surface area contributed by atoms with E-state index in [1.54, 1.807) is 0 Å². The number of benzene rings is 1. The van der Waals surface area contributed by atoms with Gasteiger partial charge in [-0.3, -0.25) is 0 Å². The van der Waals surface area contributed by atoms with Gasteiger partial charge in [0.1, 0.15) is 0 Å². The molecule has 0 saturated heterocycles. The van der Waals surface area contributed by atoms with E-state index in [0.29, 0.717) is 0 Å². The molecule has 0 unspecified atom stereocenters. The molecule has 0 fully saturated rings. The van der Waals surface area contributed by atoms with Gasteiger partial charge in [-0.1, -0.05) is 75.6 Å². The molecule has 0 bridgehead atoms. The van der Waals surface area contributed by atoms with Crippen LogP contribution < -0.4 is 0 Å². The number of hydrogen-bond donors (Lipinski definition) is 0. The monoisotopic (exact) mass is 258 g/mol. The van der Waals surface area contributed by atoms with Crippen molar-refractivity contribution in [3.05, 3.63) is 48.0 Å². The fourth-order valence-electron chi connectivity index (χ4n) is 2.25. The van der Waals surface area contributed by atoms with Gasteiger partial charge in [-0.15, -0.1) is 0 Å². The lowest BCUT2D eigenvalue weighted by atomic mass is 10.0. The molecule has 19 heavy (non-hydrogen) atoms. The number of unbranched alkanes of at least 4 members (excludes halogenated alkanes) is 5. The first-order valence-corrected chi connectivity index (χ1v) is 7.98. The SMILES string of the molecule is CC(C)C/C=C\CCCCCCCc1ccccc1. The van der Waals surface area contributed by atoms with Crippen molar-refractivity contribution in [3.8, 4) is 0 Å². The van der Waals surface area contributed by atoms with E-state index in [4.69, 9.17) is 0 Å². The van der Waals surface area contributed by atoms with E-state index in [1.807, 2.05) is 0 Å². The highest BCUT2D eigenvalue weighted by atomic mass is 14.0. The lowest BCUT2D eigenvalue weighted by molar-refractivity contribution is 0.615. The van der Waals surface area contributed by atoms with Gasteiger partial charge >= 0.3 is 0 Å². The minimum Gasteiger partial charge on any atom is -0.0885 e. The third kappa shape index (κ3) is 9.53. The zero-order valence-electron chi connectivity index (χ0n) is 12.8. The van der Waals surface area contributed by atoms with Crippen LogP contribution in [0, 0.1) is 5.92 Å². The Balaban J connectivity index is 1.88. The van der Waals surface area contributed by atoms with Crippen LogP contribution in [-0.4, -0.2) is 0 Å². The Hall–Kier alpha value is -1.04. The summed E-state index contributed by atoms with van der Waals surface area (Å²) in [6.45, 7) is 4.55. The van der Waals surface area contributed by atoms with Crippen molar-refractivity contribution in [1.29, 1.82) is 0 Å². The van der Waals surface area contributed by atoms with E-state index in [-0.39, 0.29) is 0 Å². The van der Waals surface area contributed by atoms with E-state index >= 15 is 0 Å². The normalized spacial score (nSPS) is 11.5. The van der Waals surface area contributed by atoms with E-state index in [1.165, 1.54) is 56.9 Å². The molecule has 106 valence electrons. The fraction of sp³-hybridized carbons (Fsp3) is 0.579. The summed E-state index contributed by atoms with van der Waals surface area (Å²) in [5, 5.41) is 0. The third-order valence-electron chi connectivity index (χ3n) is 3.45. The Kier molecular flexibility index (Phi) is 9.14. The molecule has 0 aliphatic heterocycles. The zero-order valence-corrected chi connectivity index (χ0v) is 12.8. The van der Waals surface area contributed by atoms with Crippen LogP contribution >= 0.6 is 0 Å². The summed E-state index contributed by atoms with van der Waals surface area (Å²) in [5.41, 5.74) is 1.49. The topological polar surface area (TPSA) is 0 Å². The van der Waals surface area contributed by atoms with Gasteiger partial charge in [0.15, 0.2) is 0 Å². The Morgan fingerprint density at radius 1 is 0.842 bits per heavy atom. The van der Waals surface area contributed by atoms with E-state index < -0.39 is 0 Å². The highest BCUT2D eigenvalue weighted by molar-refractivity contribution is 5.14. The fourth-order valence-corrected chi connectivity index (χ4v) is 2.25. The van der Waals surface area contributed by atoms with Crippen molar-refractivity contribution in [2.75, 3.05) is 0 Å². The maximum atomic E-state index is 2.37. The summed E-state index contributed by atoms with van der Waals surface area (Å²) < 4.78 is 0. The summed E-state index contributed by atoms with van der Waals surface area (Å²) in [5.74, 6) is 0.800. The average molecular weight is 258 g/mol. The molecule has 0 N–H and O–H groups in total. The molecule has 0 aliphatic rings. The maximum Gasteiger partial charge on any atom is -0.0279 e. The van der Waals surface area contributed by atoms with Gasteiger partial charge in [-0.25, -0.2) is 0 Å². The largest absolute Gasteiger partial charge is 0.0885 e. The third-order valence-corrected chi connectivity index (χ3v) is 3.45. The van der Waals surface area contributed by atoms with Gasteiger partial charge in [0, 0.05) is 0 Å². The molecule has 0 aliphatic carbocycles. The first-order chi connectivity index (χ1) is 9.29. The summed E-state index contributed by atoms with van der Waals surface area (Å²) in [6.07, 6.45) is 15.3. The average Bonchev–Trinajstić information content (AvgIpc) is 2.42. The Morgan fingerprint density at radius 3 is 2.26 bits per heavy atom. The molecular weight excluding hydrogens is 228 g/mol. The van der Waals surface area contributed by atoms with Crippen molar-refractivity contribution in [2.45, 2.75) is 65.2 Å². The number of allylic oxidation sites excluding steroid dienone is 2. The van der Waals surface area contributed by atoms with Gasteiger partial charge in [-0.05, 0) is 43.6 Å². The van der Waals surface area contributed by atoms with Crippen LogP contribution in [0.5, 0.6) is 0 Å². The first kappa shape index (κ1) is 16.0. The second kappa shape index (κ2) is 10.8. The summed E-state index contributed by atoms with van der Waals surface area (Å²) in [6, 6.07) is 10.8. The molecule has 0 saturated carbocycles. The number of rotatable bonds is 10. The van der Waals surface area contributed by atoms with Gasteiger partial charge in [-0.2, -0.15) is 0 Å².